The van der Waals surface area contributed by atoms with E-state index in [1.54, 1.807) is 0 Å². The van der Waals surface area contributed by atoms with Crippen molar-refractivity contribution < 1.29 is 27.0 Å². The first-order valence-electron chi connectivity index (χ1n) is 4.74. The second-order valence-corrected chi connectivity index (χ2v) is 8.03. The molecule has 0 aliphatic carbocycles. The molecule has 1 rings (SSSR count). The third-order valence-electron chi connectivity index (χ3n) is 2.36. The van der Waals surface area contributed by atoms with Crippen LogP contribution >= 0.6 is 0 Å². The largest absolute Gasteiger partial charge is 0.394 e. The van der Waals surface area contributed by atoms with Gasteiger partial charge < -0.3 is 10.2 Å². The van der Waals surface area contributed by atoms with Crippen LogP contribution in [0.5, 0.6) is 0 Å². The van der Waals surface area contributed by atoms with E-state index < -0.39 is 37.8 Å². The van der Waals surface area contributed by atoms with Gasteiger partial charge in [0.05, 0.1) is 29.5 Å². The predicted molar refractivity (Wildman–Crippen MR) is 57.1 cm³/mol. The monoisotopic (exact) mass is 273 g/mol. The van der Waals surface area contributed by atoms with Gasteiger partial charge in [0.25, 0.3) is 0 Å². The highest BCUT2D eigenvalue weighted by molar-refractivity contribution is 7.95. The third kappa shape index (κ3) is 3.67. The van der Waals surface area contributed by atoms with Crippen molar-refractivity contribution >= 4 is 19.9 Å². The minimum Gasteiger partial charge on any atom is -0.394 e. The Morgan fingerprint density at radius 3 is 2.50 bits per heavy atom. The fourth-order valence-corrected chi connectivity index (χ4v) is 5.52. The summed E-state index contributed by atoms with van der Waals surface area (Å²) in [6.45, 7) is -0.860. The SMILES string of the molecule is O=S1(=O)CCC(S(=O)(=O)NCC(O)CO)C1. The summed E-state index contributed by atoms with van der Waals surface area (Å²) in [5.41, 5.74) is 0. The molecule has 1 aliphatic heterocycles. The molecule has 3 N–H and O–H groups in total. The van der Waals surface area contributed by atoms with Gasteiger partial charge in [-0.3, -0.25) is 0 Å². The van der Waals surface area contributed by atoms with Gasteiger partial charge in [0.1, 0.15) is 0 Å². The number of rotatable bonds is 5. The van der Waals surface area contributed by atoms with Crippen molar-refractivity contribution in [3.05, 3.63) is 0 Å². The molecule has 16 heavy (non-hydrogen) atoms. The van der Waals surface area contributed by atoms with Crippen LogP contribution in [0, 0.1) is 0 Å². The van der Waals surface area contributed by atoms with E-state index in [0.29, 0.717) is 0 Å². The molecule has 1 aliphatic rings. The van der Waals surface area contributed by atoms with Crippen LogP contribution in [-0.4, -0.2) is 63.1 Å². The Kier molecular flexibility index (Phi) is 4.29. The van der Waals surface area contributed by atoms with Crippen LogP contribution in [0.3, 0.4) is 0 Å². The van der Waals surface area contributed by atoms with Crippen LogP contribution < -0.4 is 4.72 Å². The molecular weight excluding hydrogens is 258 g/mol. The highest BCUT2D eigenvalue weighted by atomic mass is 32.2. The number of aliphatic hydroxyl groups excluding tert-OH is 2. The summed E-state index contributed by atoms with van der Waals surface area (Å²) >= 11 is 0. The molecule has 0 radical (unpaired) electrons. The standard InChI is InChI=1S/C7H15NO6S2/c9-4-6(10)3-8-16(13,14)7-1-2-15(11,12)5-7/h6-10H,1-5H2. The van der Waals surface area contributed by atoms with Crippen molar-refractivity contribution in [1.82, 2.24) is 4.72 Å². The summed E-state index contributed by atoms with van der Waals surface area (Å²) < 4.78 is 47.4. The van der Waals surface area contributed by atoms with E-state index in [1.165, 1.54) is 0 Å². The minimum absolute atomic E-state index is 0.0763. The summed E-state index contributed by atoms with van der Waals surface area (Å²) in [6, 6.07) is 0. The number of hydrogen-bond donors (Lipinski definition) is 3. The Labute approximate surface area is 94.4 Å². The first kappa shape index (κ1) is 13.8. The Morgan fingerprint density at radius 2 is 2.06 bits per heavy atom. The van der Waals surface area contributed by atoms with Gasteiger partial charge in [0, 0.05) is 6.54 Å². The van der Waals surface area contributed by atoms with Crippen molar-refractivity contribution in [2.24, 2.45) is 0 Å². The molecule has 2 unspecified atom stereocenters. The van der Waals surface area contributed by atoms with Gasteiger partial charge in [-0.25, -0.2) is 21.6 Å². The fraction of sp³-hybridized carbons (Fsp3) is 1.00. The van der Waals surface area contributed by atoms with Crippen molar-refractivity contribution in [2.45, 2.75) is 17.8 Å². The summed E-state index contributed by atoms with van der Waals surface area (Å²) in [6.07, 6.45) is -1.10. The van der Waals surface area contributed by atoms with Crippen molar-refractivity contribution in [3.63, 3.8) is 0 Å². The molecule has 7 nitrogen and oxygen atoms in total. The Bertz CT molecular complexity index is 428. The van der Waals surface area contributed by atoms with Gasteiger partial charge in [-0.15, -0.1) is 0 Å². The Morgan fingerprint density at radius 1 is 1.44 bits per heavy atom. The molecule has 96 valence electrons. The van der Waals surface area contributed by atoms with E-state index in [4.69, 9.17) is 10.2 Å². The van der Waals surface area contributed by atoms with E-state index in [9.17, 15) is 16.8 Å². The number of sulfonamides is 1. The second-order valence-electron chi connectivity index (χ2n) is 3.75. The zero-order valence-electron chi connectivity index (χ0n) is 8.53. The molecular formula is C7H15NO6S2. The van der Waals surface area contributed by atoms with Crippen LogP contribution in [0.1, 0.15) is 6.42 Å². The number of nitrogens with one attached hydrogen (secondary N) is 1. The number of aliphatic hydroxyl groups is 2. The highest BCUT2D eigenvalue weighted by Crippen LogP contribution is 2.17. The molecule has 1 fully saturated rings. The second kappa shape index (κ2) is 4.96. The van der Waals surface area contributed by atoms with Crippen LogP contribution in [0.4, 0.5) is 0 Å². The van der Waals surface area contributed by atoms with Crippen molar-refractivity contribution in [1.29, 1.82) is 0 Å². The minimum atomic E-state index is -3.74. The Hall–Kier alpha value is -0.220. The van der Waals surface area contributed by atoms with Crippen LogP contribution in [0.15, 0.2) is 0 Å². The highest BCUT2D eigenvalue weighted by Gasteiger charge is 2.37. The van der Waals surface area contributed by atoms with Crippen LogP contribution in [-0.2, 0) is 19.9 Å². The van der Waals surface area contributed by atoms with Crippen molar-refractivity contribution in [2.75, 3.05) is 24.7 Å². The lowest BCUT2D eigenvalue weighted by Crippen LogP contribution is -2.40. The molecule has 1 heterocycles. The lowest BCUT2D eigenvalue weighted by molar-refractivity contribution is 0.0988. The molecule has 0 saturated carbocycles. The van der Waals surface area contributed by atoms with E-state index >= 15 is 0 Å². The van der Waals surface area contributed by atoms with Crippen molar-refractivity contribution in [3.8, 4) is 0 Å². The maximum atomic E-state index is 11.6. The number of sulfone groups is 1. The smallest absolute Gasteiger partial charge is 0.215 e. The fourth-order valence-electron chi connectivity index (χ4n) is 1.40. The first-order chi connectivity index (χ1) is 7.27. The summed E-state index contributed by atoms with van der Waals surface area (Å²) in [7, 11) is -6.99. The molecule has 0 spiro atoms. The normalized spacial score (nSPS) is 26.8. The molecule has 0 aromatic rings. The topological polar surface area (TPSA) is 121 Å². The van der Waals surface area contributed by atoms with E-state index in [0.717, 1.165) is 0 Å². The molecule has 9 heteroatoms. The lowest BCUT2D eigenvalue weighted by Gasteiger charge is -2.13. The zero-order chi connectivity index (χ0) is 12.4. The maximum absolute atomic E-state index is 11.6. The molecule has 0 bridgehead atoms. The van der Waals surface area contributed by atoms with Gasteiger partial charge >= 0.3 is 0 Å². The lowest BCUT2D eigenvalue weighted by atomic mass is 10.4. The molecule has 0 amide bonds. The first-order valence-corrected chi connectivity index (χ1v) is 8.11. The van der Waals surface area contributed by atoms with E-state index in [-0.39, 0.29) is 24.5 Å². The summed E-state index contributed by atoms with van der Waals surface area (Å²) in [5.74, 6) is -0.501. The van der Waals surface area contributed by atoms with Gasteiger partial charge in [-0.05, 0) is 6.42 Å². The quantitative estimate of drug-likeness (QED) is 0.507. The van der Waals surface area contributed by atoms with Gasteiger partial charge in [0.2, 0.25) is 10.0 Å². The molecule has 2 atom stereocenters. The zero-order valence-corrected chi connectivity index (χ0v) is 10.2. The van der Waals surface area contributed by atoms with E-state index in [1.807, 2.05) is 0 Å². The molecule has 0 aromatic carbocycles. The van der Waals surface area contributed by atoms with Crippen LogP contribution in [0.2, 0.25) is 0 Å². The summed E-state index contributed by atoms with van der Waals surface area (Å²) in [4.78, 5) is 0. The maximum Gasteiger partial charge on any atom is 0.215 e. The summed E-state index contributed by atoms with van der Waals surface area (Å²) in [5, 5.41) is 16.5. The number of hydrogen-bond acceptors (Lipinski definition) is 6. The average Bonchev–Trinajstić information content (AvgIpc) is 2.56. The van der Waals surface area contributed by atoms with E-state index in [2.05, 4.69) is 4.72 Å². The van der Waals surface area contributed by atoms with Gasteiger partial charge in [0.15, 0.2) is 9.84 Å². The van der Waals surface area contributed by atoms with Gasteiger partial charge in [-0.2, -0.15) is 0 Å². The predicted octanol–water partition coefficient (Wildman–Crippen LogP) is -2.55. The molecule has 0 aromatic heterocycles. The Balaban J connectivity index is 2.59. The third-order valence-corrected chi connectivity index (χ3v) is 6.19. The van der Waals surface area contributed by atoms with Gasteiger partial charge in [-0.1, -0.05) is 0 Å². The van der Waals surface area contributed by atoms with Crippen LogP contribution in [0.25, 0.3) is 0 Å². The molecule has 1 saturated heterocycles. The average molecular weight is 273 g/mol.